The molecule has 1 aromatic rings. The number of esters is 1. The van der Waals surface area contributed by atoms with Crippen LogP contribution in [0.5, 0.6) is 0 Å². The Hall–Kier alpha value is -2.10. The maximum absolute atomic E-state index is 11.5. The molecule has 0 spiro atoms. The van der Waals surface area contributed by atoms with Gasteiger partial charge in [-0.1, -0.05) is 31.5 Å². The van der Waals surface area contributed by atoms with Gasteiger partial charge in [-0.25, -0.2) is 4.79 Å². The molecule has 0 unspecified atom stereocenters. The van der Waals surface area contributed by atoms with Gasteiger partial charge in [0.25, 0.3) is 0 Å². The number of rotatable bonds is 6. The normalized spacial score (nSPS) is 10.6. The molecule has 0 bridgehead atoms. The molecule has 4 heteroatoms. The molecule has 0 saturated heterocycles. The molecule has 0 saturated carbocycles. The Morgan fingerprint density at radius 3 is 2.75 bits per heavy atom. The monoisotopic (exact) mass is 275 g/mol. The van der Waals surface area contributed by atoms with Crippen molar-refractivity contribution >= 4 is 23.6 Å². The third-order valence-electron chi connectivity index (χ3n) is 2.75. The van der Waals surface area contributed by atoms with Crippen LogP contribution in [0.25, 0.3) is 6.08 Å². The van der Waals surface area contributed by atoms with Crippen LogP contribution in [-0.4, -0.2) is 18.5 Å². The van der Waals surface area contributed by atoms with E-state index < -0.39 is 0 Å². The lowest BCUT2D eigenvalue weighted by molar-refractivity contribution is -0.137. The van der Waals surface area contributed by atoms with E-state index in [4.69, 9.17) is 4.74 Å². The Balaban J connectivity index is 2.78. The van der Waals surface area contributed by atoms with Gasteiger partial charge in [-0.15, -0.1) is 0 Å². The van der Waals surface area contributed by atoms with Gasteiger partial charge in [0, 0.05) is 13.0 Å². The SMILES string of the molecule is CCCCOC(=O)/C=C/c1cccc(C)c1NC(C)=O. The van der Waals surface area contributed by atoms with E-state index in [0.29, 0.717) is 6.61 Å². The summed E-state index contributed by atoms with van der Waals surface area (Å²) in [5, 5.41) is 2.78. The van der Waals surface area contributed by atoms with Crippen molar-refractivity contribution in [3.05, 3.63) is 35.4 Å². The third-order valence-corrected chi connectivity index (χ3v) is 2.75. The molecule has 0 aliphatic heterocycles. The smallest absolute Gasteiger partial charge is 0.330 e. The number of para-hydroxylation sites is 1. The standard InChI is InChI=1S/C16H21NO3/c1-4-5-11-20-15(19)10-9-14-8-6-7-12(2)16(14)17-13(3)18/h6-10H,4-5,11H2,1-3H3,(H,17,18)/b10-9+. The van der Waals surface area contributed by atoms with Crippen molar-refractivity contribution in [2.75, 3.05) is 11.9 Å². The Bertz CT molecular complexity index is 506. The zero-order valence-corrected chi connectivity index (χ0v) is 12.2. The van der Waals surface area contributed by atoms with Crippen LogP contribution >= 0.6 is 0 Å². The summed E-state index contributed by atoms with van der Waals surface area (Å²) in [5.41, 5.74) is 2.45. The van der Waals surface area contributed by atoms with E-state index in [2.05, 4.69) is 5.32 Å². The molecular formula is C16H21NO3. The summed E-state index contributed by atoms with van der Waals surface area (Å²) < 4.78 is 5.04. The summed E-state index contributed by atoms with van der Waals surface area (Å²) in [7, 11) is 0. The van der Waals surface area contributed by atoms with Crippen LogP contribution < -0.4 is 5.32 Å². The number of aryl methyl sites for hydroxylation is 1. The Morgan fingerprint density at radius 1 is 1.35 bits per heavy atom. The quantitative estimate of drug-likeness (QED) is 0.492. The van der Waals surface area contributed by atoms with E-state index in [-0.39, 0.29) is 11.9 Å². The van der Waals surface area contributed by atoms with Crippen LogP contribution in [0.4, 0.5) is 5.69 Å². The highest BCUT2D eigenvalue weighted by atomic mass is 16.5. The second-order valence-electron chi connectivity index (χ2n) is 4.57. The van der Waals surface area contributed by atoms with Gasteiger partial charge in [0.1, 0.15) is 0 Å². The van der Waals surface area contributed by atoms with Gasteiger partial charge in [0.05, 0.1) is 12.3 Å². The van der Waals surface area contributed by atoms with Crippen LogP contribution in [0.2, 0.25) is 0 Å². The first-order valence-corrected chi connectivity index (χ1v) is 6.76. The van der Waals surface area contributed by atoms with Crippen LogP contribution in [0.15, 0.2) is 24.3 Å². The largest absolute Gasteiger partial charge is 0.463 e. The summed E-state index contributed by atoms with van der Waals surface area (Å²) in [6, 6.07) is 5.62. The minimum absolute atomic E-state index is 0.139. The number of hydrogen-bond acceptors (Lipinski definition) is 3. The van der Waals surface area contributed by atoms with Gasteiger partial charge >= 0.3 is 5.97 Å². The number of nitrogens with one attached hydrogen (secondary N) is 1. The average molecular weight is 275 g/mol. The number of ether oxygens (including phenoxy) is 1. The molecule has 0 aromatic heterocycles. The Morgan fingerprint density at radius 2 is 2.10 bits per heavy atom. The van der Waals surface area contributed by atoms with Crippen molar-refractivity contribution in [3.63, 3.8) is 0 Å². The molecule has 0 fully saturated rings. The Labute approximate surface area is 119 Å². The van der Waals surface area contributed by atoms with Gasteiger partial charge < -0.3 is 10.1 Å². The molecule has 0 atom stereocenters. The summed E-state index contributed by atoms with van der Waals surface area (Å²) in [6.45, 7) is 5.84. The lowest BCUT2D eigenvalue weighted by Crippen LogP contribution is -2.08. The first-order chi connectivity index (χ1) is 9.54. The van der Waals surface area contributed by atoms with Crippen molar-refractivity contribution in [3.8, 4) is 0 Å². The van der Waals surface area contributed by atoms with Crippen molar-refractivity contribution in [2.24, 2.45) is 0 Å². The summed E-state index contributed by atoms with van der Waals surface area (Å²) in [5.74, 6) is -0.506. The number of carbonyl (C=O) groups excluding carboxylic acids is 2. The molecule has 1 aromatic carbocycles. The first-order valence-electron chi connectivity index (χ1n) is 6.76. The van der Waals surface area contributed by atoms with E-state index in [9.17, 15) is 9.59 Å². The van der Waals surface area contributed by atoms with Crippen molar-refractivity contribution in [1.29, 1.82) is 0 Å². The highest BCUT2D eigenvalue weighted by molar-refractivity contribution is 5.94. The molecule has 4 nitrogen and oxygen atoms in total. The molecule has 108 valence electrons. The van der Waals surface area contributed by atoms with Crippen molar-refractivity contribution in [1.82, 2.24) is 0 Å². The molecule has 0 aliphatic rings. The molecule has 0 heterocycles. The first kappa shape index (κ1) is 16.0. The number of anilines is 1. The third kappa shape index (κ3) is 5.26. The molecule has 0 radical (unpaired) electrons. The minimum atomic E-state index is -0.367. The van der Waals surface area contributed by atoms with Crippen LogP contribution in [0, 0.1) is 6.92 Å². The van der Waals surface area contributed by atoms with E-state index in [1.807, 2.05) is 32.0 Å². The second kappa shape index (κ2) is 8.15. The van der Waals surface area contributed by atoms with Crippen molar-refractivity contribution < 1.29 is 14.3 Å². The van der Waals surface area contributed by atoms with Gasteiger partial charge in [-0.2, -0.15) is 0 Å². The van der Waals surface area contributed by atoms with Gasteiger partial charge in [-0.3, -0.25) is 4.79 Å². The molecular weight excluding hydrogens is 254 g/mol. The van der Waals surface area contributed by atoms with Crippen LogP contribution in [0.1, 0.15) is 37.8 Å². The summed E-state index contributed by atoms with van der Waals surface area (Å²) in [4.78, 5) is 22.7. The number of amides is 1. The van der Waals surface area contributed by atoms with E-state index in [1.165, 1.54) is 13.0 Å². The fourth-order valence-corrected chi connectivity index (χ4v) is 1.70. The van der Waals surface area contributed by atoms with E-state index in [1.54, 1.807) is 6.08 Å². The van der Waals surface area contributed by atoms with Crippen LogP contribution in [-0.2, 0) is 14.3 Å². The molecule has 1 amide bonds. The Kier molecular flexibility index (Phi) is 6.50. The lowest BCUT2D eigenvalue weighted by atomic mass is 10.1. The maximum Gasteiger partial charge on any atom is 0.330 e. The topological polar surface area (TPSA) is 55.4 Å². The molecule has 1 rings (SSSR count). The fourth-order valence-electron chi connectivity index (χ4n) is 1.70. The van der Waals surface area contributed by atoms with Crippen molar-refractivity contribution in [2.45, 2.75) is 33.6 Å². The lowest BCUT2D eigenvalue weighted by Gasteiger charge is -2.10. The fraction of sp³-hybridized carbons (Fsp3) is 0.375. The zero-order valence-electron chi connectivity index (χ0n) is 12.2. The molecule has 1 N–H and O–H groups in total. The molecule has 0 aliphatic carbocycles. The van der Waals surface area contributed by atoms with Gasteiger partial charge in [-0.05, 0) is 30.5 Å². The summed E-state index contributed by atoms with van der Waals surface area (Å²) >= 11 is 0. The van der Waals surface area contributed by atoms with Gasteiger partial charge in [0.2, 0.25) is 5.91 Å². The number of unbranched alkanes of at least 4 members (excludes halogenated alkanes) is 1. The van der Waals surface area contributed by atoms with Crippen LogP contribution in [0.3, 0.4) is 0 Å². The highest BCUT2D eigenvalue weighted by Crippen LogP contribution is 2.21. The minimum Gasteiger partial charge on any atom is -0.463 e. The summed E-state index contributed by atoms with van der Waals surface area (Å²) in [6.07, 6.45) is 4.89. The second-order valence-corrected chi connectivity index (χ2v) is 4.57. The highest BCUT2D eigenvalue weighted by Gasteiger charge is 2.05. The predicted octanol–water partition coefficient (Wildman–Crippen LogP) is 3.31. The number of benzene rings is 1. The average Bonchev–Trinajstić information content (AvgIpc) is 2.39. The van der Waals surface area contributed by atoms with E-state index in [0.717, 1.165) is 29.7 Å². The van der Waals surface area contributed by atoms with E-state index >= 15 is 0 Å². The molecule has 20 heavy (non-hydrogen) atoms. The number of carbonyl (C=O) groups is 2. The zero-order chi connectivity index (χ0) is 15.0. The maximum atomic E-state index is 11.5. The number of hydrogen-bond donors (Lipinski definition) is 1. The van der Waals surface area contributed by atoms with Gasteiger partial charge in [0.15, 0.2) is 0 Å². The predicted molar refractivity (Wildman–Crippen MR) is 80.4 cm³/mol.